The molecule has 1 heterocycles. The lowest BCUT2D eigenvalue weighted by molar-refractivity contribution is 0.496. The summed E-state index contributed by atoms with van der Waals surface area (Å²) >= 11 is 7.28. The van der Waals surface area contributed by atoms with Gasteiger partial charge in [0.1, 0.15) is 0 Å². The van der Waals surface area contributed by atoms with Crippen LogP contribution in [0.1, 0.15) is 13.8 Å². The summed E-state index contributed by atoms with van der Waals surface area (Å²) in [6.07, 6.45) is 0. The molecule has 1 unspecified atom stereocenters. The van der Waals surface area contributed by atoms with Crippen molar-refractivity contribution in [2.24, 2.45) is 11.8 Å². The molecule has 0 aliphatic rings. The summed E-state index contributed by atoms with van der Waals surface area (Å²) in [6.45, 7) is 4.79. The van der Waals surface area contributed by atoms with Crippen LogP contribution in [0.2, 0.25) is 4.34 Å². The lowest BCUT2D eigenvalue weighted by atomic mass is 9.98. The minimum atomic E-state index is 0.0517. The fraction of sp³-hybridized carbons (Fsp3) is 0.500. The number of anilines is 1. The molecule has 1 aromatic heterocycles. The van der Waals surface area contributed by atoms with Gasteiger partial charge in [0.25, 0.3) is 0 Å². The van der Waals surface area contributed by atoms with Gasteiger partial charge in [0.2, 0.25) is 0 Å². The van der Waals surface area contributed by atoms with Crippen LogP contribution >= 0.6 is 22.9 Å². The van der Waals surface area contributed by atoms with Gasteiger partial charge >= 0.3 is 0 Å². The van der Waals surface area contributed by atoms with E-state index in [0.29, 0.717) is 12.5 Å². The average Bonchev–Trinajstić information content (AvgIpc) is 2.52. The summed E-state index contributed by atoms with van der Waals surface area (Å²) in [5.74, 6) is 0.429. The van der Waals surface area contributed by atoms with Crippen molar-refractivity contribution in [3.05, 3.63) is 16.5 Å². The molecule has 0 aromatic carbocycles. The second kappa shape index (κ2) is 5.23. The van der Waals surface area contributed by atoms with E-state index < -0.39 is 0 Å². The van der Waals surface area contributed by atoms with Crippen molar-refractivity contribution in [2.45, 2.75) is 13.8 Å². The molecule has 0 fully saturated rings. The Hall–Kier alpha value is -0.720. The fourth-order valence-electron chi connectivity index (χ4n) is 1.05. The minimum absolute atomic E-state index is 0.0517. The van der Waals surface area contributed by atoms with E-state index in [1.54, 1.807) is 0 Å². The van der Waals surface area contributed by atoms with Gasteiger partial charge in [0.05, 0.1) is 21.3 Å². The van der Waals surface area contributed by atoms with Crippen LogP contribution in [0.4, 0.5) is 5.00 Å². The van der Waals surface area contributed by atoms with Gasteiger partial charge in [-0.3, -0.25) is 0 Å². The molecule has 0 aliphatic carbocycles. The molecule has 2 nitrogen and oxygen atoms in total. The lowest BCUT2D eigenvalue weighted by Crippen LogP contribution is -2.17. The van der Waals surface area contributed by atoms with Crippen LogP contribution in [0.5, 0.6) is 0 Å². The maximum atomic E-state index is 8.87. The van der Waals surface area contributed by atoms with Crippen LogP contribution in [0, 0.1) is 23.2 Å². The molecule has 0 radical (unpaired) electrons. The number of nitrogens with zero attached hydrogens (tertiary/aromatic N) is 1. The Balaban J connectivity index is 2.44. The topological polar surface area (TPSA) is 35.8 Å². The van der Waals surface area contributed by atoms with Crippen LogP contribution in [0.15, 0.2) is 12.1 Å². The Bertz CT molecular complexity index is 327. The number of nitriles is 1. The predicted molar refractivity (Wildman–Crippen MR) is 61.8 cm³/mol. The molecule has 14 heavy (non-hydrogen) atoms. The Morgan fingerprint density at radius 1 is 1.57 bits per heavy atom. The molecule has 1 N–H and O–H groups in total. The lowest BCUT2D eigenvalue weighted by Gasteiger charge is -2.13. The molecule has 1 rings (SSSR count). The molecule has 0 saturated heterocycles. The molecular formula is C10H13ClN2S. The molecular weight excluding hydrogens is 216 g/mol. The molecule has 0 aliphatic heterocycles. The summed E-state index contributed by atoms with van der Waals surface area (Å²) in [7, 11) is 0. The highest BCUT2D eigenvalue weighted by atomic mass is 35.5. The number of nitrogens with one attached hydrogen (secondary N) is 1. The van der Waals surface area contributed by atoms with Gasteiger partial charge in [-0.1, -0.05) is 25.4 Å². The maximum Gasteiger partial charge on any atom is 0.0950 e. The van der Waals surface area contributed by atoms with Gasteiger partial charge in [-0.25, -0.2) is 0 Å². The fourth-order valence-corrected chi connectivity index (χ4v) is 2.00. The van der Waals surface area contributed by atoms with Gasteiger partial charge in [-0.15, -0.1) is 11.3 Å². The zero-order valence-corrected chi connectivity index (χ0v) is 9.82. The summed E-state index contributed by atoms with van der Waals surface area (Å²) in [6, 6.07) is 6.07. The van der Waals surface area contributed by atoms with E-state index in [2.05, 4.69) is 25.2 Å². The van der Waals surface area contributed by atoms with E-state index in [0.717, 1.165) is 9.34 Å². The monoisotopic (exact) mass is 228 g/mol. The average molecular weight is 229 g/mol. The second-order valence-corrected chi connectivity index (χ2v) is 5.18. The van der Waals surface area contributed by atoms with Crippen LogP contribution < -0.4 is 5.32 Å². The first kappa shape index (κ1) is 11.4. The largest absolute Gasteiger partial charge is 0.376 e. The molecule has 0 bridgehead atoms. The first-order valence-corrected chi connectivity index (χ1v) is 5.71. The van der Waals surface area contributed by atoms with Crippen molar-refractivity contribution in [3.63, 3.8) is 0 Å². The summed E-state index contributed by atoms with van der Waals surface area (Å²) in [4.78, 5) is 0. The van der Waals surface area contributed by atoms with E-state index in [9.17, 15) is 0 Å². The number of hydrogen-bond acceptors (Lipinski definition) is 3. The molecule has 4 heteroatoms. The highest BCUT2D eigenvalue weighted by Gasteiger charge is 2.11. The van der Waals surface area contributed by atoms with Gasteiger partial charge in [0, 0.05) is 6.54 Å². The zero-order chi connectivity index (χ0) is 10.6. The second-order valence-electron chi connectivity index (χ2n) is 3.46. The third kappa shape index (κ3) is 3.21. The predicted octanol–water partition coefficient (Wildman–Crippen LogP) is 3.61. The highest BCUT2D eigenvalue weighted by Crippen LogP contribution is 2.26. The summed E-state index contributed by atoms with van der Waals surface area (Å²) < 4.78 is 0.769. The summed E-state index contributed by atoms with van der Waals surface area (Å²) in [5.41, 5.74) is 0. The van der Waals surface area contributed by atoms with E-state index in [4.69, 9.17) is 16.9 Å². The molecule has 0 amide bonds. The molecule has 0 spiro atoms. The minimum Gasteiger partial charge on any atom is -0.376 e. The number of hydrogen-bond donors (Lipinski definition) is 1. The molecule has 76 valence electrons. The van der Waals surface area contributed by atoms with Crippen molar-refractivity contribution in [1.29, 1.82) is 5.26 Å². The Morgan fingerprint density at radius 2 is 2.29 bits per heavy atom. The zero-order valence-electron chi connectivity index (χ0n) is 8.25. The van der Waals surface area contributed by atoms with Gasteiger partial charge in [-0.05, 0) is 18.1 Å². The van der Waals surface area contributed by atoms with Crippen molar-refractivity contribution in [3.8, 4) is 6.07 Å². The number of halogens is 1. The highest BCUT2D eigenvalue weighted by molar-refractivity contribution is 7.19. The van der Waals surface area contributed by atoms with Gasteiger partial charge in [0.15, 0.2) is 0 Å². The Kier molecular flexibility index (Phi) is 4.24. The first-order chi connectivity index (χ1) is 6.63. The van der Waals surface area contributed by atoms with E-state index >= 15 is 0 Å². The summed E-state index contributed by atoms with van der Waals surface area (Å²) in [5, 5.41) is 13.1. The Morgan fingerprint density at radius 3 is 2.71 bits per heavy atom. The van der Waals surface area contributed by atoms with Crippen molar-refractivity contribution in [1.82, 2.24) is 0 Å². The van der Waals surface area contributed by atoms with Gasteiger partial charge < -0.3 is 5.32 Å². The maximum absolute atomic E-state index is 8.87. The van der Waals surface area contributed by atoms with Crippen molar-refractivity contribution < 1.29 is 0 Å². The van der Waals surface area contributed by atoms with Crippen molar-refractivity contribution in [2.75, 3.05) is 11.9 Å². The first-order valence-electron chi connectivity index (χ1n) is 4.52. The van der Waals surface area contributed by atoms with Gasteiger partial charge in [-0.2, -0.15) is 5.26 Å². The molecule has 0 saturated carbocycles. The number of thiophene rings is 1. The third-order valence-corrected chi connectivity index (χ3v) is 3.23. The SMILES string of the molecule is CC(C)C(C#N)CNc1ccc(Cl)s1. The van der Waals surface area contributed by atoms with Crippen LogP contribution in [0.3, 0.4) is 0 Å². The quantitative estimate of drug-likeness (QED) is 0.855. The third-order valence-electron chi connectivity index (χ3n) is 2.04. The van der Waals surface area contributed by atoms with Crippen LogP contribution in [0.25, 0.3) is 0 Å². The van der Waals surface area contributed by atoms with Crippen LogP contribution in [-0.2, 0) is 0 Å². The van der Waals surface area contributed by atoms with E-state index in [1.807, 2.05) is 12.1 Å². The Labute approximate surface area is 93.5 Å². The molecule has 1 aromatic rings. The standard InChI is InChI=1S/C10H13ClN2S/c1-7(2)8(5-12)6-13-10-4-3-9(11)14-10/h3-4,7-8,13H,6H2,1-2H3. The smallest absolute Gasteiger partial charge is 0.0950 e. The molecule has 1 atom stereocenters. The number of rotatable bonds is 4. The normalized spacial score (nSPS) is 12.5. The van der Waals surface area contributed by atoms with E-state index in [-0.39, 0.29) is 5.92 Å². The van der Waals surface area contributed by atoms with Crippen molar-refractivity contribution >= 4 is 27.9 Å². The van der Waals surface area contributed by atoms with Crippen LogP contribution in [-0.4, -0.2) is 6.54 Å². The van der Waals surface area contributed by atoms with E-state index in [1.165, 1.54) is 11.3 Å².